The highest BCUT2D eigenvalue weighted by Gasteiger charge is 2.17. The van der Waals surface area contributed by atoms with Gasteiger partial charge in [-0.3, -0.25) is 0 Å². The van der Waals surface area contributed by atoms with Gasteiger partial charge >= 0.3 is 0 Å². The fourth-order valence-corrected chi connectivity index (χ4v) is 3.47. The van der Waals surface area contributed by atoms with E-state index >= 15 is 0 Å². The highest BCUT2D eigenvalue weighted by Crippen LogP contribution is 2.25. The van der Waals surface area contributed by atoms with Crippen LogP contribution in [0.1, 0.15) is 42.5 Å². The lowest BCUT2D eigenvalue weighted by atomic mass is 10.1. The van der Waals surface area contributed by atoms with Gasteiger partial charge in [-0.25, -0.2) is 4.98 Å². The number of likely N-dealkylation sites (tertiary alicyclic amines) is 1. The van der Waals surface area contributed by atoms with Crippen molar-refractivity contribution >= 4 is 23.0 Å². The van der Waals surface area contributed by atoms with Crippen molar-refractivity contribution in [1.29, 1.82) is 0 Å². The van der Waals surface area contributed by atoms with Crippen LogP contribution >= 0.6 is 12.2 Å². The van der Waals surface area contributed by atoms with E-state index < -0.39 is 0 Å². The molecule has 1 aliphatic heterocycles. The molecule has 21 heavy (non-hydrogen) atoms. The molecule has 0 radical (unpaired) electrons. The molecule has 1 aromatic heterocycles. The van der Waals surface area contributed by atoms with E-state index in [0.717, 1.165) is 37.3 Å². The molecular formula is C16H24N4S. The third kappa shape index (κ3) is 3.52. The number of anilines is 1. The van der Waals surface area contributed by atoms with Crippen LogP contribution in [0.25, 0.3) is 0 Å². The SMILES string of the molecule is NC(=S)c1cc2c(nc1NCCN1CCCCC1)CCC2. The maximum absolute atomic E-state index is 5.86. The fourth-order valence-electron chi connectivity index (χ4n) is 3.31. The average Bonchev–Trinajstić information content (AvgIpc) is 2.94. The minimum Gasteiger partial charge on any atom is -0.389 e. The van der Waals surface area contributed by atoms with Crippen molar-refractivity contribution in [3.8, 4) is 0 Å². The van der Waals surface area contributed by atoms with Crippen molar-refractivity contribution in [3.05, 3.63) is 22.9 Å². The second-order valence-electron chi connectivity index (χ2n) is 6.04. The minimum absolute atomic E-state index is 0.442. The quantitative estimate of drug-likeness (QED) is 0.816. The van der Waals surface area contributed by atoms with E-state index in [1.165, 1.54) is 50.0 Å². The maximum Gasteiger partial charge on any atom is 0.136 e. The Kier molecular flexibility index (Phi) is 4.70. The van der Waals surface area contributed by atoms with E-state index in [9.17, 15) is 0 Å². The fraction of sp³-hybridized carbons (Fsp3) is 0.625. The van der Waals surface area contributed by atoms with Crippen molar-refractivity contribution in [3.63, 3.8) is 0 Å². The second-order valence-corrected chi connectivity index (χ2v) is 6.48. The Labute approximate surface area is 132 Å². The first kappa shape index (κ1) is 14.7. The van der Waals surface area contributed by atoms with Crippen molar-refractivity contribution in [2.75, 3.05) is 31.5 Å². The first-order valence-corrected chi connectivity index (χ1v) is 8.43. The molecule has 0 bridgehead atoms. The molecule has 114 valence electrons. The summed E-state index contributed by atoms with van der Waals surface area (Å²) in [5, 5.41) is 3.45. The van der Waals surface area contributed by atoms with Gasteiger partial charge in [-0.05, 0) is 56.8 Å². The number of pyridine rings is 1. The van der Waals surface area contributed by atoms with Gasteiger partial charge in [0, 0.05) is 18.8 Å². The van der Waals surface area contributed by atoms with E-state index in [1.807, 2.05) is 0 Å². The van der Waals surface area contributed by atoms with Gasteiger partial charge in [0.1, 0.15) is 10.8 Å². The third-order valence-corrected chi connectivity index (χ3v) is 4.71. The summed E-state index contributed by atoms with van der Waals surface area (Å²) in [5.74, 6) is 0.875. The predicted octanol–water partition coefficient (Wildman–Crippen LogP) is 2.10. The lowest BCUT2D eigenvalue weighted by Gasteiger charge is -2.26. The molecule has 0 spiro atoms. The van der Waals surface area contributed by atoms with Crippen LogP contribution in [-0.2, 0) is 12.8 Å². The van der Waals surface area contributed by atoms with Crippen LogP contribution in [0.4, 0.5) is 5.82 Å². The summed E-state index contributed by atoms with van der Waals surface area (Å²) in [5.41, 5.74) is 9.31. The van der Waals surface area contributed by atoms with Crippen LogP contribution in [0.5, 0.6) is 0 Å². The van der Waals surface area contributed by atoms with Crippen molar-refractivity contribution in [1.82, 2.24) is 9.88 Å². The van der Waals surface area contributed by atoms with Crippen LogP contribution in [0.2, 0.25) is 0 Å². The van der Waals surface area contributed by atoms with E-state index in [0.29, 0.717) is 4.99 Å². The molecule has 3 rings (SSSR count). The molecule has 1 aromatic rings. The van der Waals surface area contributed by atoms with E-state index in [4.69, 9.17) is 22.9 Å². The van der Waals surface area contributed by atoms with E-state index in [-0.39, 0.29) is 0 Å². The molecule has 4 nitrogen and oxygen atoms in total. The van der Waals surface area contributed by atoms with Crippen LogP contribution in [0, 0.1) is 0 Å². The van der Waals surface area contributed by atoms with E-state index in [1.54, 1.807) is 0 Å². The molecule has 0 amide bonds. The summed E-state index contributed by atoms with van der Waals surface area (Å²) < 4.78 is 0. The summed E-state index contributed by atoms with van der Waals surface area (Å²) in [7, 11) is 0. The number of rotatable bonds is 5. The molecule has 1 fully saturated rings. The standard InChI is InChI=1S/C16H24N4S/c17-15(21)13-11-12-5-4-6-14(12)19-16(13)18-7-10-20-8-2-1-3-9-20/h11H,1-10H2,(H2,17,21)(H,18,19). The zero-order chi connectivity index (χ0) is 14.7. The van der Waals surface area contributed by atoms with Gasteiger partial charge in [0.2, 0.25) is 0 Å². The first-order valence-electron chi connectivity index (χ1n) is 8.03. The molecule has 0 aromatic carbocycles. The number of thiocarbonyl (C=S) groups is 1. The number of nitrogens with two attached hydrogens (primary N) is 1. The third-order valence-electron chi connectivity index (χ3n) is 4.49. The van der Waals surface area contributed by atoms with Gasteiger partial charge in [-0.15, -0.1) is 0 Å². The Balaban J connectivity index is 1.65. The summed E-state index contributed by atoms with van der Waals surface area (Å²) in [6, 6.07) is 2.14. The second kappa shape index (κ2) is 6.71. The molecule has 1 saturated heterocycles. The van der Waals surface area contributed by atoms with Crippen LogP contribution in [0.3, 0.4) is 0 Å². The molecule has 3 N–H and O–H groups in total. The number of fused-ring (bicyclic) bond motifs is 1. The predicted molar refractivity (Wildman–Crippen MR) is 90.9 cm³/mol. The van der Waals surface area contributed by atoms with Crippen molar-refractivity contribution < 1.29 is 0 Å². The first-order chi connectivity index (χ1) is 10.2. The zero-order valence-electron chi connectivity index (χ0n) is 12.5. The Hall–Kier alpha value is -1.20. The van der Waals surface area contributed by atoms with Gasteiger partial charge in [0.15, 0.2) is 0 Å². The van der Waals surface area contributed by atoms with Crippen LogP contribution < -0.4 is 11.1 Å². The molecule has 0 saturated carbocycles. The lowest BCUT2D eigenvalue weighted by molar-refractivity contribution is 0.237. The lowest BCUT2D eigenvalue weighted by Crippen LogP contribution is -2.34. The topological polar surface area (TPSA) is 54.2 Å². The number of piperidine rings is 1. The van der Waals surface area contributed by atoms with E-state index in [2.05, 4.69) is 16.3 Å². The number of nitrogens with zero attached hydrogens (tertiary/aromatic N) is 2. The van der Waals surface area contributed by atoms with Crippen molar-refractivity contribution in [2.45, 2.75) is 38.5 Å². The average molecular weight is 304 g/mol. The molecule has 5 heteroatoms. The molecular weight excluding hydrogens is 280 g/mol. The molecule has 1 aliphatic carbocycles. The van der Waals surface area contributed by atoms with Gasteiger partial charge in [0.25, 0.3) is 0 Å². The summed E-state index contributed by atoms with van der Waals surface area (Å²) >= 11 is 5.18. The Bertz CT molecular complexity index is 523. The molecule has 2 aliphatic rings. The van der Waals surface area contributed by atoms with Crippen molar-refractivity contribution in [2.24, 2.45) is 5.73 Å². The molecule has 0 atom stereocenters. The largest absolute Gasteiger partial charge is 0.389 e. The molecule has 2 heterocycles. The monoisotopic (exact) mass is 304 g/mol. The Morgan fingerprint density at radius 1 is 1.24 bits per heavy atom. The van der Waals surface area contributed by atoms with Gasteiger partial charge in [0.05, 0.1) is 5.56 Å². The minimum atomic E-state index is 0.442. The highest BCUT2D eigenvalue weighted by molar-refractivity contribution is 7.80. The van der Waals surface area contributed by atoms with Gasteiger partial charge in [-0.2, -0.15) is 0 Å². The number of hydrogen-bond donors (Lipinski definition) is 2. The Morgan fingerprint density at radius 3 is 2.81 bits per heavy atom. The summed E-state index contributed by atoms with van der Waals surface area (Å²) in [4.78, 5) is 7.72. The van der Waals surface area contributed by atoms with Gasteiger partial charge < -0.3 is 16.0 Å². The van der Waals surface area contributed by atoms with Crippen LogP contribution in [-0.4, -0.2) is 41.1 Å². The highest BCUT2D eigenvalue weighted by atomic mass is 32.1. The molecule has 0 unspecified atom stereocenters. The zero-order valence-corrected chi connectivity index (χ0v) is 13.3. The summed E-state index contributed by atoms with van der Waals surface area (Å²) in [6.45, 7) is 4.42. The smallest absolute Gasteiger partial charge is 0.136 e. The normalized spacial score (nSPS) is 18.5. The Morgan fingerprint density at radius 2 is 2.05 bits per heavy atom. The number of nitrogens with one attached hydrogen (secondary N) is 1. The van der Waals surface area contributed by atoms with Crippen LogP contribution in [0.15, 0.2) is 6.07 Å². The van der Waals surface area contributed by atoms with Gasteiger partial charge in [-0.1, -0.05) is 18.6 Å². The number of hydrogen-bond acceptors (Lipinski definition) is 4. The maximum atomic E-state index is 5.86. The number of aryl methyl sites for hydroxylation is 2. The number of aromatic nitrogens is 1. The summed E-state index contributed by atoms with van der Waals surface area (Å²) in [6.07, 6.45) is 7.41.